The quantitative estimate of drug-likeness (QED) is 0.137. The van der Waals surface area contributed by atoms with Crippen LogP contribution in [0.2, 0.25) is 0 Å². The molecule has 7 heterocycles. The van der Waals surface area contributed by atoms with Crippen molar-refractivity contribution in [3.8, 4) is 11.4 Å². The van der Waals surface area contributed by atoms with Crippen LogP contribution in [0.3, 0.4) is 0 Å². The molecule has 15 heteroatoms. The molecule has 0 aliphatic carbocycles. The summed E-state index contributed by atoms with van der Waals surface area (Å²) in [6, 6.07) is 17.2. The standard InChI is InChI=1S/C41H41FN10O4/c42-26-5-1-4-25(20-26)33-7-3-15-51(33)35(43)12-13-36-44-22-32(45-36)31-6-2-8-37(46-31)49-18-16-48(17-19-49)28-23-50(24-28)27-9-10-29-30(21-27)41(56)52(40(29)55)34-11-14-38(53)47-39(34)54/h1-2,4-6,8-10,12-13,20-22,28,33-34,43H,3,7,11,14-19,23-24H2,(H,44,45)(H,47,53,54)/b13-12-,43-35?/t33-,34?/m1/s1. The molecule has 2 aromatic carbocycles. The smallest absolute Gasteiger partial charge is 0.262 e. The van der Waals surface area contributed by atoms with Crippen LogP contribution in [0.5, 0.6) is 0 Å². The number of likely N-dealkylation sites (tertiary alicyclic amines) is 1. The minimum Gasteiger partial charge on any atom is -0.368 e. The second-order valence-electron chi connectivity index (χ2n) is 14.9. The van der Waals surface area contributed by atoms with Gasteiger partial charge in [-0.2, -0.15) is 0 Å². The summed E-state index contributed by atoms with van der Waals surface area (Å²) in [6.07, 6.45) is 7.32. The van der Waals surface area contributed by atoms with E-state index in [1.54, 1.807) is 42.6 Å². The highest BCUT2D eigenvalue weighted by Gasteiger charge is 2.45. The molecule has 5 aliphatic heterocycles. The van der Waals surface area contributed by atoms with Crippen molar-refractivity contribution < 1.29 is 23.6 Å². The zero-order valence-electron chi connectivity index (χ0n) is 30.7. The molecule has 286 valence electrons. The molecule has 4 aromatic rings. The number of fused-ring (bicyclic) bond motifs is 1. The van der Waals surface area contributed by atoms with E-state index in [4.69, 9.17) is 10.4 Å². The third-order valence-corrected chi connectivity index (χ3v) is 11.6. The largest absolute Gasteiger partial charge is 0.368 e. The van der Waals surface area contributed by atoms with Crippen molar-refractivity contribution in [2.45, 2.75) is 43.8 Å². The number of hydrogen-bond acceptors (Lipinski definition) is 10. The Morgan fingerprint density at radius 2 is 1.66 bits per heavy atom. The van der Waals surface area contributed by atoms with Gasteiger partial charge in [-0.05, 0) is 79.4 Å². The first-order valence-electron chi connectivity index (χ1n) is 19.1. The highest BCUT2D eigenvalue weighted by molar-refractivity contribution is 6.23. The predicted octanol–water partition coefficient (Wildman–Crippen LogP) is 3.85. The second-order valence-corrected chi connectivity index (χ2v) is 14.9. The lowest BCUT2D eigenvalue weighted by atomic mass is 10.0. The average molecular weight is 757 g/mol. The molecule has 5 aliphatic rings. The summed E-state index contributed by atoms with van der Waals surface area (Å²) in [5.41, 5.74) is 3.89. The van der Waals surface area contributed by atoms with Crippen molar-refractivity contribution in [2.24, 2.45) is 0 Å². The first-order valence-corrected chi connectivity index (χ1v) is 19.1. The number of carbonyl (C=O) groups is 4. The van der Waals surface area contributed by atoms with E-state index >= 15 is 0 Å². The molecule has 4 amide bonds. The van der Waals surface area contributed by atoms with Gasteiger partial charge in [0.05, 0.1) is 34.8 Å². The van der Waals surface area contributed by atoms with Crippen LogP contribution in [-0.2, 0) is 9.59 Å². The van der Waals surface area contributed by atoms with Gasteiger partial charge in [0.25, 0.3) is 11.8 Å². The molecule has 0 radical (unpaired) electrons. The number of aromatic nitrogens is 3. The molecule has 0 bridgehead atoms. The van der Waals surface area contributed by atoms with Crippen molar-refractivity contribution in [3.05, 3.63) is 101 Å². The van der Waals surface area contributed by atoms with Crippen LogP contribution in [0.15, 0.2) is 72.9 Å². The number of aromatic amines is 1. The van der Waals surface area contributed by atoms with Gasteiger partial charge in [0.2, 0.25) is 11.8 Å². The SMILES string of the molecule is N=C(/C=C\c1ncc(-c2cccc(N3CCN(C4CN(c5ccc6c(c5)C(=O)N(C5CCC(=O)NC5=O)C6=O)C4)CC3)n2)[nH]1)N1CCC[C@@H]1c1cccc(F)c1. The summed E-state index contributed by atoms with van der Waals surface area (Å²) >= 11 is 0. The minimum absolute atomic E-state index is 0.0206. The number of benzene rings is 2. The number of rotatable bonds is 8. The van der Waals surface area contributed by atoms with Crippen LogP contribution in [0.4, 0.5) is 15.9 Å². The maximum Gasteiger partial charge on any atom is 0.262 e. The van der Waals surface area contributed by atoms with E-state index in [1.165, 1.54) is 6.07 Å². The van der Waals surface area contributed by atoms with Gasteiger partial charge in [-0.3, -0.25) is 39.7 Å². The number of anilines is 2. The number of pyridine rings is 1. The fourth-order valence-corrected chi connectivity index (χ4v) is 8.54. The van der Waals surface area contributed by atoms with Crippen molar-refractivity contribution in [3.63, 3.8) is 0 Å². The summed E-state index contributed by atoms with van der Waals surface area (Å²) < 4.78 is 13.9. The first kappa shape index (κ1) is 35.5. The van der Waals surface area contributed by atoms with E-state index in [9.17, 15) is 23.6 Å². The van der Waals surface area contributed by atoms with Crippen LogP contribution < -0.4 is 15.1 Å². The molecule has 0 spiro atoms. The molecule has 4 saturated heterocycles. The predicted molar refractivity (Wildman–Crippen MR) is 207 cm³/mol. The molecule has 2 aromatic heterocycles. The normalized spacial score (nSPS) is 21.9. The summed E-state index contributed by atoms with van der Waals surface area (Å²) in [5.74, 6) is -0.392. The van der Waals surface area contributed by atoms with Crippen molar-refractivity contribution in [1.82, 2.24) is 35.0 Å². The number of halogens is 1. The van der Waals surface area contributed by atoms with Crippen molar-refractivity contribution >= 4 is 47.0 Å². The van der Waals surface area contributed by atoms with Crippen molar-refractivity contribution in [1.29, 1.82) is 5.41 Å². The Morgan fingerprint density at radius 1 is 0.857 bits per heavy atom. The topological polar surface area (TPSA) is 162 Å². The first-order chi connectivity index (χ1) is 27.2. The van der Waals surface area contributed by atoms with Crippen LogP contribution >= 0.6 is 0 Å². The number of amidine groups is 1. The summed E-state index contributed by atoms with van der Waals surface area (Å²) in [5, 5.41) is 10.9. The van der Waals surface area contributed by atoms with Gasteiger partial charge in [-0.1, -0.05) is 18.2 Å². The van der Waals surface area contributed by atoms with Gasteiger partial charge in [0.15, 0.2) is 0 Å². The van der Waals surface area contributed by atoms with E-state index in [2.05, 4.69) is 30.0 Å². The van der Waals surface area contributed by atoms with E-state index < -0.39 is 29.7 Å². The van der Waals surface area contributed by atoms with Gasteiger partial charge >= 0.3 is 0 Å². The van der Waals surface area contributed by atoms with E-state index in [0.29, 0.717) is 23.3 Å². The van der Waals surface area contributed by atoms with Crippen LogP contribution in [0.25, 0.3) is 17.5 Å². The molecule has 3 N–H and O–H groups in total. The molecule has 0 saturated carbocycles. The third-order valence-electron chi connectivity index (χ3n) is 11.6. The molecule has 1 unspecified atom stereocenters. The van der Waals surface area contributed by atoms with E-state index in [0.717, 1.165) is 92.0 Å². The zero-order chi connectivity index (χ0) is 38.5. The Balaban J connectivity index is 0.776. The van der Waals surface area contributed by atoms with E-state index in [-0.39, 0.29) is 30.3 Å². The van der Waals surface area contributed by atoms with Crippen LogP contribution in [0, 0.1) is 11.2 Å². The molecular formula is C41H41FN10O4. The lowest BCUT2D eigenvalue weighted by Crippen LogP contribution is -2.63. The number of carbonyl (C=O) groups excluding carboxylic acids is 4. The number of piperidine rings is 1. The number of imidazole rings is 1. The fraction of sp³-hybridized carbons (Fsp3) is 0.341. The highest BCUT2D eigenvalue weighted by atomic mass is 19.1. The monoisotopic (exact) mass is 756 g/mol. The maximum atomic E-state index is 13.9. The molecular weight excluding hydrogens is 716 g/mol. The average Bonchev–Trinajstić information content (AvgIpc) is 3.93. The van der Waals surface area contributed by atoms with Gasteiger partial charge in [-0.25, -0.2) is 14.4 Å². The Kier molecular flexibility index (Phi) is 9.16. The molecule has 56 heavy (non-hydrogen) atoms. The lowest BCUT2D eigenvalue weighted by molar-refractivity contribution is -0.136. The maximum absolute atomic E-state index is 13.9. The Morgan fingerprint density at radius 3 is 2.46 bits per heavy atom. The number of nitrogens with one attached hydrogen (secondary N) is 3. The Hall–Kier alpha value is -6.22. The molecule has 2 atom stereocenters. The summed E-state index contributed by atoms with van der Waals surface area (Å²) in [4.78, 5) is 73.2. The third kappa shape index (κ3) is 6.61. The van der Waals surface area contributed by atoms with Crippen LogP contribution in [-0.4, -0.2) is 117 Å². The minimum atomic E-state index is -0.980. The number of amides is 4. The molecule has 9 rings (SSSR count). The Bertz CT molecular complexity index is 2280. The molecule has 14 nitrogen and oxygen atoms in total. The fourth-order valence-electron chi connectivity index (χ4n) is 8.54. The molecule has 4 fully saturated rings. The van der Waals surface area contributed by atoms with Crippen molar-refractivity contribution in [2.75, 3.05) is 55.6 Å². The van der Waals surface area contributed by atoms with E-state index in [1.807, 2.05) is 35.2 Å². The van der Waals surface area contributed by atoms with Gasteiger partial charge in [0, 0.05) is 64.0 Å². The van der Waals surface area contributed by atoms with Gasteiger partial charge < -0.3 is 19.7 Å². The number of imide groups is 2. The second kappa shape index (κ2) is 14.5. The number of H-pyrrole nitrogens is 1. The zero-order valence-corrected chi connectivity index (χ0v) is 30.7. The summed E-state index contributed by atoms with van der Waals surface area (Å²) in [7, 11) is 0. The summed E-state index contributed by atoms with van der Waals surface area (Å²) in [6.45, 7) is 5.75. The number of piperazine rings is 1. The Labute approximate surface area is 322 Å². The van der Waals surface area contributed by atoms with Crippen LogP contribution in [0.1, 0.15) is 63.8 Å². The number of hydrogen-bond donors (Lipinski definition) is 3. The lowest BCUT2D eigenvalue weighted by Gasteiger charge is -2.49. The van der Waals surface area contributed by atoms with Gasteiger partial charge in [-0.15, -0.1) is 0 Å². The van der Waals surface area contributed by atoms with Gasteiger partial charge in [0.1, 0.15) is 29.3 Å². The highest BCUT2D eigenvalue weighted by Crippen LogP contribution is 2.34. The number of nitrogens with zero attached hydrogens (tertiary/aromatic N) is 7.